The van der Waals surface area contributed by atoms with Crippen LogP contribution in [0.2, 0.25) is 0 Å². The molecule has 3 atom stereocenters. The van der Waals surface area contributed by atoms with E-state index in [0.717, 1.165) is 29.1 Å². The van der Waals surface area contributed by atoms with E-state index in [1.165, 1.54) is 0 Å². The first-order chi connectivity index (χ1) is 8.37. The Balaban J connectivity index is 1.59. The van der Waals surface area contributed by atoms with Crippen LogP contribution in [-0.4, -0.2) is 0 Å². The SMILES string of the molecule is C1CCC2C(C1)CCCC2C12CCC(CC1)C2. The van der Waals surface area contributed by atoms with Crippen molar-refractivity contribution in [1.29, 1.82) is 0 Å². The highest BCUT2D eigenvalue weighted by Crippen LogP contribution is 2.63. The molecule has 4 saturated carbocycles. The third kappa shape index (κ3) is 1.62. The molecule has 0 radical (unpaired) electrons. The summed E-state index contributed by atoms with van der Waals surface area (Å²) in [6, 6.07) is 0. The average Bonchev–Trinajstić information content (AvgIpc) is 2.99. The Morgan fingerprint density at radius 1 is 0.706 bits per heavy atom. The van der Waals surface area contributed by atoms with Crippen LogP contribution in [0.25, 0.3) is 0 Å². The van der Waals surface area contributed by atoms with E-state index in [-0.39, 0.29) is 0 Å². The van der Waals surface area contributed by atoms with E-state index in [2.05, 4.69) is 0 Å². The molecule has 0 nitrogen and oxygen atoms in total. The molecule has 0 spiro atoms. The van der Waals surface area contributed by atoms with E-state index in [0.29, 0.717) is 0 Å². The van der Waals surface area contributed by atoms with Gasteiger partial charge in [0.25, 0.3) is 0 Å². The zero-order valence-corrected chi connectivity index (χ0v) is 11.3. The van der Waals surface area contributed by atoms with Gasteiger partial charge in [-0.2, -0.15) is 0 Å². The summed E-state index contributed by atoms with van der Waals surface area (Å²) in [5, 5.41) is 0. The molecule has 0 heteroatoms. The minimum Gasteiger partial charge on any atom is -0.0530 e. The second-order valence-electron chi connectivity index (χ2n) is 7.76. The fraction of sp³-hybridized carbons (Fsp3) is 1.00. The van der Waals surface area contributed by atoms with Crippen LogP contribution in [0.5, 0.6) is 0 Å². The molecule has 0 heterocycles. The fourth-order valence-corrected chi connectivity index (χ4v) is 6.46. The van der Waals surface area contributed by atoms with Crippen LogP contribution in [0, 0.1) is 29.1 Å². The normalized spacial score (nSPS) is 53.6. The number of hydrogen-bond donors (Lipinski definition) is 0. The summed E-state index contributed by atoms with van der Waals surface area (Å²) in [5.41, 5.74) is 0.866. The van der Waals surface area contributed by atoms with Crippen LogP contribution in [0.15, 0.2) is 0 Å². The van der Waals surface area contributed by atoms with Crippen molar-refractivity contribution < 1.29 is 0 Å². The Kier molecular flexibility index (Phi) is 2.56. The molecule has 0 aromatic rings. The predicted octanol–water partition coefficient (Wildman–Crippen LogP) is 5.17. The third-order valence-corrected chi connectivity index (χ3v) is 7.16. The van der Waals surface area contributed by atoms with E-state index in [4.69, 9.17) is 0 Å². The van der Waals surface area contributed by atoms with Gasteiger partial charge in [-0.1, -0.05) is 32.1 Å². The van der Waals surface area contributed by atoms with Gasteiger partial charge >= 0.3 is 0 Å². The highest BCUT2D eigenvalue weighted by Gasteiger charge is 2.53. The van der Waals surface area contributed by atoms with Crippen molar-refractivity contribution in [3.8, 4) is 0 Å². The molecular weight excluding hydrogens is 204 g/mol. The molecule has 0 amide bonds. The topological polar surface area (TPSA) is 0 Å². The first-order valence-electron chi connectivity index (χ1n) is 8.37. The fourth-order valence-electron chi connectivity index (χ4n) is 6.46. The number of rotatable bonds is 1. The van der Waals surface area contributed by atoms with Gasteiger partial charge in [0.15, 0.2) is 0 Å². The summed E-state index contributed by atoms with van der Waals surface area (Å²) >= 11 is 0. The maximum Gasteiger partial charge on any atom is -0.0264 e. The van der Waals surface area contributed by atoms with Crippen LogP contribution in [0.4, 0.5) is 0 Å². The monoisotopic (exact) mass is 232 g/mol. The smallest absolute Gasteiger partial charge is 0.0264 e. The van der Waals surface area contributed by atoms with Gasteiger partial charge in [-0.15, -0.1) is 0 Å². The van der Waals surface area contributed by atoms with Crippen molar-refractivity contribution in [2.24, 2.45) is 29.1 Å². The van der Waals surface area contributed by atoms with Gasteiger partial charge < -0.3 is 0 Å². The lowest BCUT2D eigenvalue weighted by Crippen LogP contribution is -2.40. The third-order valence-electron chi connectivity index (χ3n) is 7.16. The molecule has 4 fully saturated rings. The second kappa shape index (κ2) is 4.00. The molecule has 0 aromatic carbocycles. The minimum atomic E-state index is 0.866. The van der Waals surface area contributed by atoms with E-state index >= 15 is 0 Å². The van der Waals surface area contributed by atoms with E-state index in [1.54, 1.807) is 77.0 Å². The molecule has 4 aliphatic rings. The molecule has 4 rings (SSSR count). The minimum absolute atomic E-state index is 0.866. The summed E-state index contributed by atoms with van der Waals surface area (Å²) in [7, 11) is 0. The molecule has 3 unspecified atom stereocenters. The highest BCUT2D eigenvalue weighted by atomic mass is 14.6. The summed E-state index contributed by atoms with van der Waals surface area (Å²) in [6.45, 7) is 0. The van der Waals surface area contributed by atoms with Gasteiger partial charge in [-0.05, 0) is 74.0 Å². The Morgan fingerprint density at radius 3 is 2.24 bits per heavy atom. The molecule has 0 N–H and O–H groups in total. The van der Waals surface area contributed by atoms with Gasteiger partial charge in [0.1, 0.15) is 0 Å². The molecule has 17 heavy (non-hydrogen) atoms. The molecule has 96 valence electrons. The summed E-state index contributed by atoms with van der Waals surface area (Å²) in [5.74, 6) is 4.62. The average molecular weight is 232 g/mol. The van der Waals surface area contributed by atoms with Crippen LogP contribution in [0.1, 0.15) is 77.0 Å². The van der Waals surface area contributed by atoms with Gasteiger partial charge in [0.05, 0.1) is 0 Å². The first-order valence-corrected chi connectivity index (χ1v) is 8.37. The van der Waals surface area contributed by atoms with Crippen LogP contribution < -0.4 is 0 Å². The maximum atomic E-state index is 1.64. The van der Waals surface area contributed by atoms with Crippen molar-refractivity contribution >= 4 is 0 Å². The highest BCUT2D eigenvalue weighted by molar-refractivity contribution is 5.03. The molecule has 2 bridgehead atoms. The van der Waals surface area contributed by atoms with Crippen molar-refractivity contribution in [2.45, 2.75) is 77.0 Å². The second-order valence-corrected chi connectivity index (χ2v) is 7.76. The predicted molar refractivity (Wildman–Crippen MR) is 71.8 cm³/mol. The van der Waals surface area contributed by atoms with Crippen molar-refractivity contribution in [2.75, 3.05) is 0 Å². The zero-order chi connectivity index (χ0) is 11.3. The summed E-state index contributed by atoms with van der Waals surface area (Å²) in [6.07, 6.45) is 19.1. The lowest BCUT2D eigenvalue weighted by molar-refractivity contribution is 0.00926. The number of hydrogen-bond acceptors (Lipinski definition) is 0. The molecule has 0 aliphatic heterocycles. The summed E-state index contributed by atoms with van der Waals surface area (Å²) in [4.78, 5) is 0. The van der Waals surface area contributed by atoms with Crippen LogP contribution in [0.3, 0.4) is 0 Å². The molecule has 0 aromatic heterocycles. The maximum absolute atomic E-state index is 1.64. The van der Waals surface area contributed by atoms with Gasteiger partial charge in [-0.25, -0.2) is 0 Å². The van der Waals surface area contributed by atoms with Crippen molar-refractivity contribution in [1.82, 2.24) is 0 Å². The lowest BCUT2D eigenvalue weighted by atomic mass is 9.56. The number of fused-ring (bicyclic) bond motifs is 3. The van der Waals surface area contributed by atoms with E-state index in [9.17, 15) is 0 Å². The first kappa shape index (κ1) is 10.9. The Hall–Kier alpha value is 0. The van der Waals surface area contributed by atoms with Crippen LogP contribution >= 0.6 is 0 Å². The standard InChI is InChI=1S/C17H28/c1-2-6-15-14(4-1)5-3-7-16(15)17-10-8-13(12-17)9-11-17/h13-16H,1-12H2. The molecular formula is C17H28. The van der Waals surface area contributed by atoms with Gasteiger partial charge in [0.2, 0.25) is 0 Å². The quantitative estimate of drug-likeness (QED) is 0.585. The van der Waals surface area contributed by atoms with Crippen molar-refractivity contribution in [3.05, 3.63) is 0 Å². The lowest BCUT2D eigenvalue weighted by Gasteiger charge is -2.49. The molecule has 4 aliphatic carbocycles. The van der Waals surface area contributed by atoms with E-state index < -0.39 is 0 Å². The van der Waals surface area contributed by atoms with Crippen molar-refractivity contribution in [3.63, 3.8) is 0 Å². The zero-order valence-electron chi connectivity index (χ0n) is 11.3. The summed E-state index contributed by atoms with van der Waals surface area (Å²) < 4.78 is 0. The Bertz CT molecular complexity index is 282. The largest absolute Gasteiger partial charge is 0.0530 e. The van der Waals surface area contributed by atoms with Gasteiger partial charge in [-0.3, -0.25) is 0 Å². The van der Waals surface area contributed by atoms with Crippen LogP contribution in [-0.2, 0) is 0 Å². The van der Waals surface area contributed by atoms with Gasteiger partial charge in [0, 0.05) is 0 Å². The van der Waals surface area contributed by atoms with E-state index in [1.807, 2.05) is 0 Å². The Morgan fingerprint density at radius 2 is 1.47 bits per heavy atom. The Labute approximate surface area is 107 Å². The molecule has 0 saturated heterocycles.